The van der Waals surface area contributed by atoms with E-state index in [-0.39, 0.29) is 11.2 Å². The van der Waals surface area contributed by atoms with Crippen LogP contribution in [-0.4, -0.2) is 36.3 Å². The van der Waals surface area contributed by atoms with Gasteiger partial charge in [-0.3, -0.25) is 4.79 Å². The van der Waals surface area contributed by atoms with Gasteiger partial charge >= 0.3 is 0 Å². The van der Waals surface area contributed by atoms with Crippen molar-refractivity contribution >= 4 is 17.7 Å². The monoisotopic (exact) mass is 343 g/mol. The van der Waals surface area contributed by atoms with Crippen molar-refractivity contribution in [3.05, 3.63) is 54.1 Å². The van der Waals surface area contributed by atoms with Crippen molar-refractivity contribution < 1.29 is 14.3 Å². The van der Waals surface area contributed by atoms with Crippen molar-refractivity contribution in [2.24, 2.45) is 0 Å². The Bertz CT molecular complexity index is 705. The molecule has 5 heteroatoms. The summed E-state index contributed by atoms with van der Waals surface area (Å²) >= 11 is 1.58. The van der Waals surface area contributed by atoms with Crippen LogP contribution in [0, 0.1) is 0 Å². The highest BCUT2D eigenvalue weighted by molar-refractivity contribution is 8.00. The quantitative estimate of drug-likeness (QED) is 0.778. The molecule has 0 saturated carbocycles. The van der Waals surface area contributed by atoms with Crippen LogP contribution in [0.1, 0.15) is 12.5 Å². The van der Waals surface area contributed by atoms with Gasteiger partial charge in [-0.1, -0.05) is 24.3 Å². The molecule has 0 bridgehead atoms. The van der Waals surface area contributed by atoms with Crippen LogP contribution >= 0.6 is 11.8 Å². The lowest BCUT2D eigenvalue weighted by Gasteiger charge is -2.23. The lowest BCUT2D eigenvalue weighted by atomic mass is 10.2. The van der Waals surface area contributed by atoms with E-state index in [1.165, 1.54) is 0 Å². The van der Waals surface area contributed by atoms with E-state index in [1.807, 2.05) is 62.5 Å². The fourth-order valence-corrected chi connectivity index (χ4v) is 3.61. The molecule has 24 heavy (non-hydrogen) atoms. The summed E-state index contributed by atoms with van der Waals surface area (Å²) in [6.07, 6.45) is 0. The summed E-state index contributed by atoms with van der Waals surface area (Å²) in [6, 6.07) is 15.8. The SMILES string of the molecule is CC(Sc1ccccc1)C(=O)N(C)Cc1ccc2c(c1)OCCO2. The first-order valence-corrected chi connectivity index (χ1v) is 8.86. The van der Waals surface area contributed by atoms with Gasteiger partial charge in [-0.15, -0.1) is 11.8 Å². The van der Waals surface area contributed by atoms with Crippen LogP contribution in [0.3, 0.4) is 0 Å². The van der Waals surface area contributed by atoms with Gasteiger partial charge in [-0.05, 0) is 36.8 Å². The first-order chi connectivity index (χ1) is 11.6. The van der Waals surface area contributed by atoms with E-state index in [0.717, 1.165) is 22.0 Å². The third-order valence-corrected chi connectivity index (χ3v) is 4.91. The Labute approximate surface area is 146 Å². The van der Waals surface area contributed by atoms with Gasteiger partial charge in [0.1, 0.15) is 13.2 Å². The number of benzene rings is 2. The predicted molar refractivity (Wildman–Crippen MR) is 95.7 cm³/mol. The van der Waals surface area contributed by atoms with Crippen molar-refractivity contribution in [2.75, 3.05) is 20.3 Å². The first kappa shape index (κ1) is 16.7. The first-order valence-electron chi connectivity index (χ1n) is 7.98. The minimum absolute atomic E-state index is 0.110. The molecule has 0 N–H and O–H groups in total. The van der Waals surface area contributed by atoms with Crippen LogP contribution in [0.5, 0.6) is 11.5 Å². The third-order valence-electron chi connectivity index (χ3n) is 3.81. The molecule has 2 aromatic rings. The van der Waals surface area contributed by atoms with Gasteiger partial charge < -0.3 is 14.4 Å². The number of ether oxygens (including phenoxy) is 2. The zero-order chi connectivity index (χ0) is 16.9. The molecular weight excluding hydrogens is 322 g/mol. The van der Waals surface area contributed by atoms with E-state index in [9.17, 15) is 4.79 Å². The van der Waals surface area contributed by atoms with E-state index in [0.29, 0.717) is 19.8 Å². The maximum absolute atomic E-state index is 12.6. The highest BCUT2D eigenvalue weighted by atomic mass is 32.2. The smallest absolute Gasteiger partial charge is 0.235 e. The number of carbonyl (C=O) groups excluding carboxylic acids is 1. The maximum atomic E-state index is 12.6. The summed E-state index contributed by atoms with van der Waals surface area (Å²) < 4.78 is 11.1. The molecule has 0 aliphatic carbocycles. The highest BCUT2D eigenvalue weighted by Crippen LogP contribution is 2.31. The number of carbonyl (C=O) groups is 1. The van der Waals surface area contributed by atoms with E-state index in [4.69, 9.17) is 9.47 Å². The zero-order valence-corrected chi connectivity index (χ0v) is 14.7. The fraction of sp³-hybridized carbons (Fsp3) is 0.316. The Morgan fingerprint density at radius 2 is 1.83 bits per heavy atom. The van der Waals surface area contributed by atoms with Crippen LogP contribution in [-0.2, 0) is 11.3 Å². The van der Waals surface area contributed by atoms with Gasteiger partial charge in [0.15, 0.2) is 11.5 Å². The third kappa shape index (κ3) is 4.03. The number of hydrogen-bond acceptors (Lipinski definition) is 4. The predicted octanol–water partition coefficient (Wildman–Crippen LogP) is 3.60. The summed E-state index contributed by atoms with van der Waals surface area (Å²) in [4.78, 5) is 15.4. The van der Waals surface area contributed by atoms with Crippen LogP contribution in [0.25, 0.3) is 0 Å². The topological polar surface area (TPSA) is 38.8 Å². The number of amides is 1. The lowest BCUT2D eigenvalue weighted by molar-refractivity contribution is -0.129. The Morgan fingerprint density at radius 1 is 1.12 bits per heavy atom. The molecule has 0 fully saturated rings. The molecule has 0 radical (unpaired) electrons. The molecule has 0 saturated heterocycles. The Kier molecular flexibility index (Phi) is 5.30. The van der Waals surface area contributed by atoms with Gasteiger partial charge in [0.25, 0.3) is 0 Å². The second-order valence-corrected chi connectivity index (χ2v) is 7.16. The molecule has 1 atom stereocenters. The molecular formula is C19H21NO3S. The van der Waals surface area contributed by atoms with Crippen LogP contribution in [0.2, 0.25) is 0 Å². The van der Waals surface area contributed by atoms with Gasteiger partial charge in [0.2, 0.25) is 5.91 Å². The van der Waals surface area contributed by atoms with Gasteiger partial charge in [0.05, 0.1) is 5.25 Å². The number of nitrogens with zero attached hydrogens (tertiary/aromatic N) is 1. The van der Waals surface area contributed by atoms with E-state index >= 15 is 0 Å². The summed E-state index contributed by atoms with van der Waals surface area (Å²) in [5.41, 5.74) is 1.03. The van der Waals surface area contributed by atoms with Crippen molar-refractivity contribution in [1.82, 2.24) is 4.90 Å². The second kappa shape index (κ2) is 7.62. The molecule has 1 amide bonds. The maximum Gasteiger partial charge on any atom is 0.235 e. The van der Waals surface area contributed by atoms with Crippen molar-refractivity contribution in [1.29, 1.82) is 0 Å². The molecule has 2 aromatic carbocycles. The van der Waals surface area contributed by atoms with Gasteiger partial charge in [-0.2, -0.15) is 0 Å². The summed E-state index contributed by atoms with van der Waals surface area (Å²) in [6.45, 7) is 3.64. The summed E-state index contributed by atoms with van der Waals surface area (Å²) in [5, 5.41) is -0.130. The van der Waals surface area contributed by atoms with Gasteiger partial charge in [0, 0.05) is 18.5 Å². The molecule has 1 aliphatic heterocycles. The molecule has 0 aromatic heterocycles. The highest BCUT2D eigenvalue weighted by Gasteiger charge is 2.19. The molecule has 4 nitrogen and oxygen atoms in total. The van der Waals surface area contributed by atoms with E-state index in [2.05, 4.69) is 0 Å². The van der Waals surface area contributed by atoms with Crippen LogP contribution < -0.4 is 9.47 Å². The molecule has 126 valence electrons. The Morgan fingerprint density at radius 3 is 2.58 bits per heavy atom. The molecule has 3 rings (SSSR count). The molecule has 1 aliphatic rings. The minimum atomic E-state index is -0.130. The van der Waals surface area contributed by atoms with Crippen molar-refractivity contribution in [3.63, 3.8) is 0 Å². The Balaban J connectivity index is 1.61. The zero-order valence-electron chi connectivity index (χ0n) is 13.9. The van der Waals surface area contributed by atoms with E-state index < -0.39 is 0 Å². The average molecular weight is 343 g/mol. The molecule has 1 unspecified atom stereocenters. The van der Waals surface area contributed by atoms with Crippen LogP contribution in [0.15, 0.2) is 53.4 Å². The largest absolute Gasteiger partial charge is 0.486 e. The average Bonchev–Trinajstić information content (AvgIpc) is 2.61. The molecule has 0 spiro atoms. The number of fused-ring (bicyclic) bond motifs is 1. The van der Waals surface area contributed by atoms with Crippen LogP contribution in [0.4, 0.5) is 0 Å². The minimum Gasteiger partial charge on any atom is -0.486 e. The standard InChI is InChI=1S/C19H21NO3S/c1-14(24-16-6-4-3-5-7-16)19(21)20(2)13-15-8-9-17-18(12-15)23-11-10-22-17/h3-9,12,14H,10-11,13H2,1-2H3. The number of hydrogen-bond donors (Lipinski definition) is 0. The van der Waals surface area contributed by atoms with Gasteiger partial charge in [-0.25, -0.2) is 0 Å². The normalized spacial score (nSPS) is 14.1. The second-order valence-electron chi connectivity index (χ2n) is 5.75. The van der Waals surface area contributed by atoms with Crippen molar-refractivity contribution in [3.8, 4) is 11.5 Å². The number of thioether (sulfide) groups is 1. The fourth-order valence-electron chi connectivity index (χ4n) is 2.60. The van der Waals surface area contributed by atoms with Crippen molar-refractivity contribution in [2.45, 2.75) is 23.6 Å². The van der Waals surface area contributed by atoms with E-state index in [1.54, 1.807) is 16.7 Å². The summed E-state index contributed by atoms with van der Waals surface area (Å²) in [5.74, 6) is 1.64. The molecule has 1 heterocycles. The Hall–Kier alpha value is -2.14. The number of rotatable bonds is 5. The lowest BCUT2D eigenvalue weighted by Crippen LogP contribution is -2.32. The summed E-state index contributed by atoms with van der Waals surface area (Å²) in [7, 11) is 1.83.